The summed E-state index contributed by atoms with van der Waals surface area (Å²) in [5.74, 6) is 0.268. The predicted octanol–water partition coefficient (Wildman–Crippen LogP) is 1.91. The van der Waals surface area contributed by atoms with Gasteiger partial charge in [0, 0.05) is 25.7 Å². The Morgan fingerprint density at radius 1 is 1.40 bits per heavy atom. The summed E-state index contributed by atoms with van der Waals surface area (Å²) in [6.07, 6.45) is 3.40. The first-order chi connectivity index (χ1) is 9.69. The number of hydrogen-bond donors (Lipinski definition) is 0. The molecule has 0 bridgehead atoms. The molecule has 1 unspecified atom stereocenters. The van der Waals surface area contributed by atoms with E-state index < -0.39 is 0 Å². The van der Waals surface area contributed by atoms with Gasteiger partial charge < -0.3 is 9.80 Å². The van der Waals surface area contributed by atoms with Crippen molar-refractivity contribution in [2.24, 2.45) is 0 Å². The summed E-state index contributed by atoms with van der Waals surface area (Å²) in [6.45, 7) is 10.9. The molecule has 112 valence electrons. The van der Waals surface area contributed by atoms with Crippen molar-refractivity contribution in [1.29, 1.82) is 0 Å². The molecule has 0 radical (unpaired) electrons. The highest BCUT2D eigenvalue weighted by Crippen LogP contribution is 2.22. The lowest BCUT2D eigenvalue weighted by Crippen LogP contribution is -2.45. The predicted molar refractivity (Wildman–Crippen MR) is 79.4 cm³/mol. The van der Waals surface area contributed by atoms with Gasteiger partial charge in [-0.05, 0) is 25.6 Å². The Morgan fingerprint density at radius 2 is 2.15 bits per heavy atom. The molecule has 5 heteroatoms. The van der Waals surface area contributed by atoms with Crippen LogP contribution in [0.1, 0.15) is 45.3 Å². The van der Waals surface area contributed by atoms with Crippen LogP contribution in [0, 0.1) is 0 Å². The van der Waals surface area contributed by atoms with Crippen molar-refractivity contribution in [2.45, 2.75) is 46.2 Å². The average Bonchev–Trinajstić information content (AvgIpc) is 2.93. The van der Waals surface area contributed by atoms with Crippen molar-refractivity contribution in [1.82, 2.24) is 19.6 Å². The molecule has 1 aromatic rings. The van der Waals surface area contributed by atoms with Crippen molar-refractivity contribution >= 4 is 5.91 Å². The SMILES string of the molecule is CCCC(=O)N1Cc2ccnn2C(CN(CC)CC)C1. The number of fused-ring (bicyclic) bond motifs is 1. The molecule has 1 aliphatic heterocycles. The second kappa shape index (κ2) is 6.88. The van der Waals surface area contributed by atoms with Gasteiger partial charge in [-0.1, -0.05) is 20.8 Å². The van der Waals surface area contributed by atoms with Gasteiger partial charge in [0.15, 0.2) is 0 Å². The smallest absolute Gasteiger partial charge is 0.222 e. The molecule has 1 aliphatic rings. The minimum atomic E-state index is 0.268. The number of rotatable bonds is 6. The summed E-state index contributed by atoms with van der Waals surface area (Å²) >= 11 is 0. The normalized spacial score (nSPS) is 18.4. The number of aromatic nitrogens is 2. The number of amides is 1. The van der Waals surface area contributed by atoms with E-state index in [1.165, 1.54) is 0 Å². The lowest BCUT2D eigenvalue weighted by molar-refractivity contribution is -0.133. The Hall–Kier alpha value is -1.36. The zero-order chi connectivity index (χ0) is 14.5. The van der Waals surface area contributed by atoms with Gasteiger partial charge in [-0.25, -0.2) is 0 Å². The fourth-order valence-electron chi connectivity index (χ4n) is 2.86. The van der Waals surface area contributed by atoms with Crippen molar-refractivity contribution in [3.8, 4) is 0 Å². The van der Waals surface area contributed by atoms with E-state index in [0.29, 0.717) is 13.0 Å². The molecule has 5 nitrogen and oxygen atoms in total. The zero-order valence-corrected chi connectivity index (χ0v) is 12.9. The van der Waals surface area contributed by atoms with Crippen molar-refractivity contribution in [3.63, 3.8) is 0 Å². The lowest BCUT2D eigenvalue weighted by atomic mass is 10.1. The lowest BCUT2D eigenvalue weighted by Gasteiger charge is -2.36. The van der Waals surface area contributed by atoms with Crippen LogP contribution in [0.3, 0.4) is 0 Å². The standard InChI is InChI=1S/C15H26N4O/c1-4-7-15(20)18-11-13-8-9-16-19(13)14(12-18)10-17(5-2)6-3/h8-9,14H,4-7,10-12H2,1-3H3. The summed E-state index contributed by atoms with van der Waals surface area (Å²) in [6, 6.07) is 2.30. The van der Waals surface area contributed by atoms with Crippen LogP contribution in [0.15, 0.2) is 12.3 Å². The van der Waals surface area contributed by atoms with E-state index >= 15 is 0 Å². The van der Waals surface area contributed by atoms with Gasteiger partial charge in [-0.3, -0.25) is 9.48 Å². The molecule has 0 N–H and O–H groups in total. The van der Waals surface area contributed by atoms with E-state index in [2.05, 4.69) is 35.5 Å². The molecule has 0 spiro atoms. The first-order valence-corrected chi connectivity index (χ1v) is 7.72. The summed E-state index contributed by atoms with van der Waals surface area (Å²) in [7, 11) is 0. The van der Waals surface area contributed by atoms with Crippen LogP contribution in [-0.4, -0.2) is 51.7 Å². The Kier molecular flexibility index (Phi) is 5.17. The van der Waals surface area contributed by atoms with Gasteiger partial charge in [0.25, 0.3) is 0 Å². The average molecular weight is 278 g/mol. The Bertz CT molecular complexity index is 439. The molecule has 0 saturated carbocycles. The maximum absolute atomic E-state index is 12.2. The third-order valence-corrected chi connectivity index (χ3v) is 4.06. The molecule has 1 amide bonds. The van der Waals surface area contributed by atoms with E-state index in [-0.39, 0.29) is 11.9 Å². The highest BCUT2D eigenvalue weighted by molar-refractivity contribution is 5.76. The third kappa shape index (κ3) is 3.20. The number of nitrogens with zero attached hydrogens (tertiary/aromatic N) is 4. The first-order valence-electron chi connectivity index (χ1n) is 7.72. The molecule has 1 aromatic heterocycles. The Balaban J connectivity index is 2.12. The Morgan fingerprint density at radius 3 is 2.80 bits per heavy atom. The molecular formula is C15H26N4O. The minimum Gasteiger partial charge on any atom is -0.335 e. The van der Waals surface area contributed by atoms with E-state index in [0.717, 1.165) is 38.3 Å². The van der Waals surface area contributed by atoms with Gasteiger partial charge in [0.2, 0.25) is 5.91 Å². The summed E-state index contributed by atoms with van der Waals surface area (Å²) in [5, 5.41) is 4.45. The highest BCUT2D eigenvalue weighted by atomic mass is 16.2. The maximum Gasteiger partial charge on any atom is 0.222 e. The van der Waals surface area contributed by atoms with Gasteiger partial charge >= 0.3 is 0 Å². The second-order valence-corrected chi connectivity index (χ2v) is 5.43. The third-order valence-electron chi connectivity index (χ3n) is 4.06. The van der Waals surface area contributed by atoms with E-state index in [9.17, 15) is 4.79 Å². The molecule has 0 aromatic carbocycles. The fraction of sp³-hybridized carbons (Fsp3) is 0.733. The van der Waals surface area contributed by atoms with Crippen LogP contribution in [0.4, 0.5) is 0 Å². The fourth-order valence-corrected chi connectivity index (χ4v) is 2.86. The van der Waals surface area contributed by atoms with Gasteiger partial charge in [-0.15, -0.1) is 0 Å². The van der Waals surface area contributed by atoms with Crippen LogP contribution in [-0.2, 0) is 11.3 Å². The topological polar surface area (TPSA) is 41.4 Å². The van der Waals surface area contributed by atoms with Crippen LogP contribution in [0.5, 0.6) is 0 Å². The van der Waals surface area contributed by atoms with Crippen molar-refractivity contribution in [2.75, 3.05) is 26.2 Å². The highest BCUT2D eigenvalue weighted by Gasteiger charge is 2.28. The van der Waals surface area contributed by atoms with Crippen LogP contribution < -0.4 is 0 Å². The van der Waals surface area contributed by atoms with E-state index in [1.54, 1.807) is 0 Å². The second-order valence-electron chi connectivity index (χ2n) is 5.43. The molecule has 2 heterocycles. The maximum atomic E-state index is 12.2. The monoisotopic (exact) mass is 278 g/mol. The largest absolute Gasteiger partial charge is 0.335 e. The Labute approximate surface area is 121 Å². The van der Waals surface area contributed by atoms with Crippen LogP contribution >= 0.6 is 0 Å². The van der Waals surface area contributed by atoms with E-state index in [1.807, 2.05) is 17.2 Å². The summed E-state index contributed by atoms with van der Waals surface area (Å²) < 4.78 is 2.11. The van der Waals surface area contributed by atoms with Gasteiger partial charge in [0.05, 0.1) is 18.3 Å². The first kappa shape index (κ1) is 15.0. The van der Waals surface area contributed by atoms with E-state index in [4.69, 9.17) is 0 Å². The number of carbonyl (C=O) groups is 1. The van der Waals surface area contributed by atoms with Crippen LogP contribution in [0.25, 0.3) is 0 Å². The molecule has 20 heavy (non-hydrogen) atoms. The molecule has 2 rings (SSSR count). The minimum absolute atomic E-state index is 0.268. The molecule has 0 saturated heterocycles. The molecular weight excluding hydrogens is 252 g/mol. The molecule has 0 aliphatic carbocycles. The number of carbonyl (C=O) groups excluding carboxylic acids is 1. The van der Waals surface area contributed by atoms with Crippen LogP contribution in [0.2, 0.25) is 0 Å². The van der Waals surface area contributed by atoms with Gasteiger partial charge in [0.1, 0.15) is 0 Å². The molecule has 0 fully saturated rings. The van der Waals surface area contributed by atoms with Gasteiger partial charge in [-0.2, -0.15) is 5.10 Å². The number of hydrogen-bond acceptors (Lipinski definition) is 3. The zero-order valence-electron chi connectivity index (χ0n) is 12.9. The summed E-state index contributed by atoms with van der Waals surface area (Å²) in [4.78, 5) is 16.6. The quantitative estimate of drug-likeness (QED) is 0.798. The number of likely N-dealkylation sites (N-methyl/N-ethyl adjacent to an activating group) is 1. The van der Waals surface area contributed by atoms with Crippen molar-refractivity contribution < 1.29 is 4.79 Å². The summed E-state index contributed by atoms with van der Waals surface area (Å²) in [5.41, 5.74) is 1.15. The molecule has 1 atom stereocenters. The van der Waals surface area contributed by atoms with Crippen molar-refractivity contribution in [3.05, 3.63) is 18.0 Å².